The van der Waals surface area contributed by atoms with Gasteiger partial charge in [-0.1, -0.05) is 12.1 Å². The van der Waals surface area contributed by atoms with Crippen LogP contribution in [0.15, 0.2) is 24.3 Å². The Labute approximate surface area is 125 Å². The summed E-state index contributed by atoms with van der Waals surface area (Å²) in [6.07, 6.45) is 0. The van der Waals surface area contributed by atoms with Crippen molar-refractivity contribution in [3.8, 4) is 0 Å². The minimum Gasteiger partial charge on any atom is -0.497 e. The lowest BCUT2D eigenvalue weighted by molar-refractivity contribution is -0.146. The highest BCUT2D eigenvalue weighted by atomic mass is 19.1. The smallest absolute Gasteiger partial charge is 0.497 e. The fourth-order valence-electron chi connectivity index (χ4n) is 2.08. The molecular formula is C13H13BFNO6. The summed E-state index contributed by atoms with van der Waals surface area (Å²) in [6.45, 7) is -0.331. The summed E-state index contributed by atoms with van der Waals surface area (Å²) in [6, 6.07) is 4.62. The van der Waals surface area contributed by atoms with E-state index in [2.05, 4.69) is 0 Å². The first-order chi connectivity index (χ1) is 10.4. The molecule has 1 heterocycles. The van der Waals surface area contributed by atoms with Gasteiger partial charge in [0.25, 0.3) is 0 Å². The highest BCUT2D eigenvalue weighted by Gasteiger charge is 2.45. The third-order valence-electron chi connectivity index (χ3n) is 3.06. The van der Waals surface area contributed by atoms with Crippen molar-refractivity contribution >= 4 is 25.0 Å². The maximum atomic E-state index is 13.0. The predicted octanol–water partition coefficient (Wildman–Crippen LogP) is 0.0531. The number of likely N-dealkylation sites (N-methyl/N-ethyl adjacent to an activating group) is 1. The zero-order valence-electron chi connectivity index (χ0n) is 11.7. The van der Waals surface area contributed by atoms with Crippen LogP contribution in [0, 0.1) is 5.82 Å². The summed E-state index contributed by atoms with van der Waals surface area (Å²) in [5.41, 5.74) is 0.161. The van der Waals surface area contributed by atoms with Gasteiger partial charge in [0.05, 0.1) is 13.1 Å². The van der Waals surface area contributed by atoms with E-state index in [0.717, 1.165) is 12.1 Å². The molecule has 0 saturated carbocycles. The van der Waals surface area contributed by atoms with E-state index in [1.165, 1.54) is 24.1 Å². The first-order valence-electron chi connectivity index (χ1n) is 6.42. The van der Waals surface area contributed by atoms with Crippen LogP contribution in [0.25, 0.3) is 0 Å². The number of rotatable bonds is 3. The Bertz CT molecular complexity index is 573. The van der Waals surface area contributed by atoms with Gasteiger partial charge >= 0.3 is 25.0 Å². The molecule has 1 aliphatic heterocycles. The largest absolute Gasteiger partial charge is 0.618 e. The van der Waals surface area contributed by atoms with Gasteiger partial charge in [-0.2, -0.15) is 0 Å². The predicted molar refractivity (Wildman–Crippen MR) is 72.2 cm³/mol. The molecule has 116 valence electrons. The number of carbonyl (C=O) groups excluding carboxylic acids is 2. The van der Waals surface area contributed by atoms with Gasteiger partial charge in [-0.05, 0) is 24.7 Å². The van der Waals surface area contributed by atoms with E-state index in [9.17, 15) is 23.9 Å². The molecule has 1 aliphatic rings. The van der Waals surface area contributed by atoms with Crippen LogP contribution in [0.2, 0.25) is 0 Å². The molecule has 0 aromatic heterocycles. The van der Waals surface area contributed by atoms with Gasteiger partial charge in [0.2, 0.25) is 0 Å². The van der Waals surface area contributed by atoms with Gasteiger partial charge in [0.1, 0.15) is 11.6 Å². The first kappa shape index (κ1) is 16.0. The lowest BCUT2D eigenvalue weighted by Crippen LogP contribution is -2.46. The summed E-state index contributed by atoms with van der Waals surface area (Å²) < 4.78 is 22.8. The second-order valence-corrected chi connectivity index (χ2v) is 4.89. The second kappa shape index (κ2) is 6.57. The standard InChI is InChI=1S/C13H13BFNO6/c1-16-6-10(17)21-14(22-11(18)7-16)12(13(19)20)8-2-4-9(15)5-3-8/h2-5,12H,6-7H2,1H3,(H,19,20). The van der Waals surface area contributed by atoms with E-state index in [-0.39, 0.29) is 18.7 Å². The molecule has 1 saturated heterocycles. The summed E-state index contributed by atoms with van der Waals surface area (Å²) in [5, 5.41) is 9.35. The van der Waals surface area contributed by atoms with Gasteiger partial charge in [0.15, 0.2) is 0 Å². The molecule has 0 aliphatic carbocycles. The molecule has 9 heteroatoms. The summed E-state index contributed by atoms with van der Waals surface area (Å²) in [5.74, 6) is -4.76. The lowest BCUT2D eigenvalue weighted by atomic mass is 9.67. The van der Waals surface area contributed by atoms with Crippen LogP contribution >= 0.6 is 0 Å². The normalized spacial score (nSPS) is 18.0. The number of halogens is 1. The van der Waals surface area contributed by atoms with E-state index < -0.39 is 36.7 Å². The number of benzene rings is 1. The molecule has 0 bridgehead atoms. The molecule has 0 spiro atoms. The van der Waals surface area contributed by atoms with Gasteiger partial charge < -0.3 is 14.4 Å². The molecule has 0 radical (unpaired) electrons. The number of carbonyl (C=O) groups is 3. The molecule has 2 rings (SSSR count). The van der Waals surface area contributed by atoms with Crippen molar-refractivity contribution in [3.63, 3.8) is 0 Å². The van der Waals surface area contributed by atoms with Crippen molar-refractivity contribution in [1.29, 1.82) is 0 Å². The van der Waals surface area contributed by atoms with Crippen LogP contribution in [0.3, 0.4) is 0 Å². The molecule has 0 amide bonds. The summed E-state index contributed by atoms with van der Waals surface area (Å²) >= 11 is 0. The first-order valence-corrected chi connectivity index (χ1v) is 6.42. The number of carboxylic acid groups (broad SMARTS) is 1. The highest BCUT2D eigenvalue weighted by Crippen LogP contribution is 2.22. The quantitative estimate of drug-likeness (QED) is 0.789. The van der Waals surface area contributed by atoms with Crippen molar-refractivity contribution in [3.05, 3.63) is 35.6 Å². The second-order valence-electron chi connectivity index (χ2n) is 4.89. The molecule has 1 N–H and O–H groups in total. The van der Waals surface area contributed by atoms with Crippen molar-refractivity contribution in [2.24, 2.45) is 0 Å². The number of hydrogen-bond donors (Lipinski definition) is 1. The number of aliphatic carboxylic acids is 1. The third kappa shape index (κ3) is 3.82. The topological polar surface area (TPSA) is 93.1 Å². The fourth-order valence-corrected chi connectivity index (χ4v) is 2.08. The molecule has 1 unspecified atom stereocenters. The van der Waals surface area contributed by atoms with Crippen molar-refractivity contribution in [2.45, 2.75) is 5.82 Å². The zero-order valence-corrected chi connectivity index (χ0v) is 11.7. The maximum absolute atomic E-state index is 13.0. The average molecular weight is 309 g/mol. The summed E-state index contributed by atoms with van der Waals surface area (Å²) in [7, 11) is -0.0750. The van der Waals surface area contributed by atoms with E-state index >= 15 is 0 Å². The van der Waals surface area contributed by atoms with Crippen LogP contribution in [0.1, 0.15) is 11.4 Å². The SMILES string of the molecule is CN1CC(=O)OB(C(C(=O)O)c2ccc(F)cc2)OC(=O)C1. The van der Waals surface area contributed by atoms with Gasteiger partial charge in [-0.3, -0.25) is 19.3 Å². The third-order valence-corrected chi connectivity index (χ3v) is 3.06. The van der Waals surface area contributed by atoms with E-state index in [1.54, 1.807) is 0 Å². The molecule has 22 heavy (non-hydrogen) atoms. The van der Waals surface area contributed by atoms with Crippen LogP contribution in [0.5, 0.6) is 0 Å². The van der Waals surface area contributed by atoms with Crippen molar-refractivity contribution in [1.82, 2.24) is 4.90 Å². The monoisotopic (exact) mass is 309 g/mol. The Balaban J connectivity index is 2.29. The van der Waals surface area contributed by atoms with Gasteiger partial charge in [-0.15, -0.1) is 0 Å². The van der Waals surface area contributed by atoms with Gasteiger partial charge in [0, 0.05) is 0 Å². The maximum Gasteiger partial charge on any atom is 0.618 e. The Morgan fingerprint density at radius 1 is 1.23 bits per heavy atom. The zero-order chi connectivity index (χ0) is 16.3. The van der Waals surface area contributed by atoms with E-state index in [1.807, 2.05) is 0 Å². The minimum absolute atomic E-state index is 0.161. The Morgan fingerprint density at radius 3 is 2.18 bits per heavy atom. The van der Waals surface area contributed by atoms with Crippen LogP contribution in [-0.2, 0) is 23.7 Å². The molecule has 1 aromatic carbocycles. The fraction of sp³-hybridized carbons (Fsp3) is 0.308. The lowest BCUT2D eigenvalue weighted by Gasteiger charge is -2.25. The minimum atomic E-state index is -1.60. The Morgan fingerprint density at radius 2 is 1.73 bits per heavy atom. The molecule has 1 atom stereocenters. The molecular weight excluding hydrogens is 296 g/mol. The van der Waals surface area contributed by atoms with E-state index in [4.69, 9.17) is 9.31 Å². The Hall–Kier alpha value is -2.42. The van der Waals surface area contributed by atoms with Crippen LogP contribution in [0.4, 0.5) is 4.39 Å². The van der Waals surface area contributed by atoms with E-state index in [0.29, 0.717) is 0 Å². The van der Waals surface area contributed by atoms with Crippen LogP contribution in [-0.4, -0.2) is 55.2 Å². The van der Waals surface area contributed by atoms with Crippen LogP contribution < -0.4 is 0 Å². The highest BCUT2D eigenvalue weighted by molar-refractivity contribution is 6.55. The van der Waals surface area contributed by atoms with Crippen molar-refractivity contribution in [2.75, 3.05) is 20.1 Å². The summed E-state index contributed by atoms with van der Waals surface area (Å²) in [4.78, 5) is 36.2. The number of hydrogen-bond acceptors (Lipinski definition) is 6. The van der Waals surface area contributed by atoms with Crippen molar-refractivity contribution < 1.29 is 33.2 Å². The Kier molecular flexibility index (Phi) is 4.76. The molecule has 7 nitrogen and oxygen atoms in total. The molecule has 1 aromatic rings. The number of carboxylic acids is 1. The average Bonchev–Trinajstić information content (AvgIpc) is 2.38. The van der Waals surface area contributed by atoms with Gasteiger partial charge in [-0.25, -0.2) is 4.39 Å². The number of nitrogens with zero attached hydrogens (tertiary/aromatic N) is 1. The molecule has 1 fully saturated rings.